The van der Waals surface area contributed by atoms with E-state index in [-0.39, 0.29) is 0 Å². The summed E-state index contributed by atoms with van der Waals surface area (Å²) in [6.07, 6.45) is 0. The number of para-hydroxylation sites is 2. The second kappa shape index (κ2) is 8.15. The number of aryl methyl sites for hydroxylation is 1. The van der Waals surface area contributed by atoms with Crippen molar-refractivity contribution in [3.05, 3.63) is 54.1 Å². The molecule has 0 heterocycles. The largest absolute Gasteiger partial charge is 0.492 e. The van der Waals surface area contributed by atoms with Crippen molar-refractivity contribution >= 4 is 23.2 Å². The average Bonchev–Trinajstić information content (AvgIpc) is 2.57. The summed E-state index contributed by atoms with van der Waals surface area (Å²) in [6.45, 7) is 6.52. The lowest BCUT2D eigenvalue weighted by Crippen LogP contribution is -2.39. The predicted octanol–water partition coefficient (Wildman–Crippen LogP) is 3.39. The van der Waals surface area contributed by atoms with Crippen LogP contribution in [0.25, 0.3) is 0 Å². The van der Waals surface area contributed by atoms with Crippen LogP contribution in [0.1, 0.15) is 19.4 Å². The molecule has 2 aromatic rings. The van der Waals surface area contributed by atoms with Gasteiger partial charge in [-0.3, -0.25) is 9.59 Å². The van der Waals surface area contributed by atoms with Crippen LogP contribution >= 0.6 is 0 Å². The van der Waals surface area contributed by atoms with E-state index >= 15 is 0 Å². The maximum Gasteiger partial charge on any atom is 0.316 e. The minimum atomic E-state index is -0.689. The Bertz CT molecular complexity index is 728. The maximum absolute atomic E-state index is 12.5. The zero-order chi connectivity index (χ0) is 17.5. The van der Waals surface area contributed by atoms with Gasteiger partial charge in [0.05, 0.1) is 12.3 Å². The summed E-state index contributed by atoms with van der Waals surface area (Å²) in [5.41, 5.74) is 2.22. The van der Waals surface area contributed by atoms with Gasteiger partial charge in [0.1, 0.15) is 5.75 Å². The molecule has 0 atom stereocenters. The van der Waals surface area contributed by atoms with Crippen molar-refractivity contribution < 1.29 is 14.3 Å². The monoisotopic (exact) mass is 326 g/mol. The number of nitrogens with zero attached hydrogens (tertiary/aromatic N) is 1. The van der Waals surface area contributed by atoms with Gasteiger partial charge in [0, 0.05) is 12.2 Å². The number of benzene rings is 2. The molecule has 5 nitrogen and oxygen atoms in total. The van der Waals surface area contributed by atoms with E-state index in [0.717, 1.165) is 5.56 Å². The highest BCUT2D eigenvalue weighted by molar-refractivity contribution is 6.44. The first-order valence-corrected chi connectivity index (χ1v) is 7.98. The minimum absolute atomic E-state index is 0.406. The predicted molar refractivity (Wildman–Crippen MR) is 95.4 cm³/mol. The molecule has 5 heteroatoms. The fourth-order valence-electron chi connectivity index (χ4n) is 2.39. The molecule has 0 saturated heterocycles. The zero-order valence-corrected chi connectivity index (χ0v) is 14.2. The average molecular weight is 326 g/mol. The van der Waals surface area contributed by atoms with E-state index in [0.29, 0.717) is 30.3 Å². The van der Waals surface area contributed by atoms with Gasteiger partial charge in [-0.1, -0.05) is 24.3 Å². The molecule has 24 heavy (non-hydrogen) atoms. The third kappa shape index (κ3) is 4.13. The number of hydrogen-bond acceptors (Lipinski definition) is 3. The SMILES string of the molecule is CCOc1ccccc1NC(=O)C(=O)N(CC)c1cccc(C)c1. The Morgan fingerprint density at radius 1 is 1.08 bits per heavy atom. The Balaban J connectivity index is 2.18. The van der Waals surface area contributed by atoms with Crippen molar-refractivity contribution in [2.45, 2.75) is 20.8 Å². The number of likely N-dealkylation sites (N-methyl/N-ethyl adjacent to an activating group) is 1. The van der Waals surface area contributed by atoms with Gasteiger partial charge in [0.2, 0.25) is 0 Å². The molecule has 0 spiro atoms. The second-order valence-corrected chi connectivity index (χ2v) is 5.27. The van der Waals surface area contributed by atoms with Crippen LogP contribution in [0.15, 0.2) is 48.5 Å². The Morgan fingerprint density at radius 2 is 1.83 bits per heavy atom. The Labute approximate surface area is 142 Å². The van der Waals surface area contributed by atoms with E-state index in [2.05, 4.69) is 5.32 Å². The summed E-state index contributed by atoms with van der Waals surface area (Å²) < 4.78 is 5.47. The lowest BCUT2D eigenvalue weighted by molar-refractivity contribution is -0.134. The van der Waals surface area contributed by atoms with E-state index in [1.807, 2.05) is 51.1 Å². The van der Waals surface area contributed by atoms with Crippen LogP contribution in [-0.2, 0) is 9.59 Å². The summed E-state index contributed by atoms with van der Waals surface area (Å²) in [4.78, 5) is 26.4. The standard InChI is InChI=1S/C19H22N2O3/c1-4-21(15-10-8-9-14(3)13-15)19(23)18(22)20-16-11-6-7-12-17(16)24-5-2/h6-13H,4-5H2,1-3H3,(H,20,22). The molecule has 0 aliphatic rings. The molecular weight excluding hydrogens is 304 g/mol. The molecule has 126 valence electrons. The number of amides is 2. The molecule has 1 N–H and O–H groups in total. The van der Waals surface area contributed by atoms with Crippen LogP contribution in [0, 0.1) is 6.92 Å². The van der Waals surface area contributed by atoms with Crippen LogP contribution in [-0.4, -0.2) is 25.0 Å². The number of anilines is 2. The van der Waals surface area contributed by atoms with Crippen molar-refractivity contribution in [2.75, 3.05) is 23.4 Å². The van der Waals surface area contributed by atoms with Crippen molar-refractivity contribution in [3.8, 4) is 5.75 Å². The van der Waals surface area contributed by atoms with E-state index in [4.69, 9.17) is 4.74 Å². The third-order valence-electron chi connectivity index (χ3n) is 3.50. The molecule has 0 bridgehead atoms. The highest BCUT2D eigenvalue weighted by Crippen LogP contribution is 2.24. The van der Waals surface area contributed by atoms with E-state index < -0.39 is 11.8 Å². The first-order valence-electron chi connectivity index (χ1n) is 7.98. The first-order chi connectivity index (χ1) is 11.6. The lowest BCUT2D eigenvalue weighted by atomic mass is 10.2. The van der Waals surface area contributed by atoms with Gasteiger partial charge in [-0.25, -0.2) is 0 Å². The van der Waals surface area contributed by atoms with Gasteiger partial charge in [0.25, 0.3) is 0 Å². The molecular formula is C19H22N2O3. The lowest BCUT2D eigenvalue weighted by Gasteiger charge is -2.21. The highest BCUT2D eigenvalue weighted by Gasteiger charge is 2.23. The summed E-state index contributed by atoms with van der Waals surface area (Å²) in [7, 11) is 0. The fourth-order valence-corrected chi connectivity index (χ4v) is 2.39. The van der Waals surface area contributed by atoms with Crippen LogP contribution in [0.5, 0.6) is 5.75 Å². The Morgan fingerprint density at radius 3 is 2.50 bits per heavy atom. The molecule has 0 aliphatic heterocycles. The number of carbonyl (C=O) groups excluding carboxylic acids is 2. The van der Waals surface area contributed by atoms with Crippen LogP contribution in [0.2, 0.25) is 0 Å². The van der Waals surface area contributed by atoms with Crippen LogP contribution in [0.3, 0.4) is 0 Å². The topological polar surface area (TPSA) is 58.6 Å². The molecule has 0 aromatic heterocycles. The molecule has 0 fully saturated rings. The van der Waals surface area contributed by atoms with E-state index in [9.17, 15) is 9.59 Å². The van der Waals surface area contributed by atoms with Crippen molar-refractivity contribution in [3.63, 3.8) is 0 Å². The second-order valence-electron chi connectivity index (χ2n) is 5.27. The Hall–Kier alpha value is -2.82. The molecule has 2 rings (SSSR count). The Kier molecular flexibility index (Phi) is 5.95. The zero-order valence-electron chi connectivity index (χ0n) is 14.2. The summed E-state index contributed by atoms with van der Waals surface area (Å²) >= 11 is 0. The molecule has 0 radical (unpaired) electrons. The van der Waals surface area contributed by atoms with E-state index in [1.54, 1.807) is 18.2 Å². The first kappa shape index (κ1) is 17.5. The molecule has 2 aromatic carbocycles. The molecule has 0 unspecified atom stereocenters. The summed E-state index contributed by atoms with van der Waals surface area (Å²) in [6, 6.07) is 14.6. The summed E-state index contributed by atoms with van der Waals surface area (Å²) in [5.74, 6) is -0.750. The van der Waals surface area contributed by atoms with Crippen LogP contribution in [0.4, 0.5) is 11.4 Å². The molecule has 2 amide bonds. The fraction of sp³-hybridized carbons (Fsp3) is 0.263. The van der Waals surface area contributed by atoms with Gasteiger partial charge in [-0.15, -0.1) is 0 Å². The van der Waals surface area contributed by atoms with Crippen LogP contribution < -0.4 is 15.0 Å². The minimum Gasteiger partial charge on any atom is -0.492 e. The quantitative estimate of drug-likeness (QED) is 0.857. The highest BCUT2D eigenvalue weighted by atomic mass is 16.5. The van der Waals surface area contributed by atoms with Gasteiger partial charge in [-0.05, 0) is 50.6 Å². The molecule has 0 aliphatic carbocycles. The van der Waals surface area contributed by atoms with Crippen molar-refractivity contribution in [2.24, 2.45) is 0 Å². The third-order valence-corrected chi connectivity index (χ3v) is 3.50. The van der Waals surface area contributed by atoms with Gasteiger partial charge >= 0.3 is 11.8 Å². The number of hydrogen-bond donors (Lipinski definition) is 1. The normalized spacial score (nSPS) is 10.1. The number of carbonyl (C=O) groups is 2. The number of rotatable bonds is 5. The molecule has 0 saturated carbocycles. The number of ether oxygens (including phenoxy) is 1. The van der Waals surface area contributed by atoms with Gasteiger partial charge in [-0.2, -0.15) is 0 Å². The van der Waals surface area contributed by atoms with Gasteiger partial charge < -0.3 is 15.0 Å². The van der Waals surface area contributed by atoms with Gasteiger partial charge in [0.15, 0.2) is 0 Å². The van der Waals surface area contributed by atoms with Crippen molar-refractivity contribution in [1.82, 2.24) is 0 Å². The maximum atomic E-state index is 12.5. The van der Waals surface area contributed by atoms with Crippen molar-refractivity contribution in [1.29, 1.82) is 0 Å². The summed E-state index contributed by atoms with van der Waals surface area (Å²) in [5, 5.41) is 2.64. The number of nitrogens with one attached hydrogen (secondary N) is 1. The van der Waals surface area contributed by atoms with E-state index in [1.165, 1.54) is 4.90 Å². The smallest absolute Gasteiger partial charge is 0.316 e.